The van der Waals surface area contributed by atoms with E-state index in [4.69, 9.17) is 4.42 Å². The van der Waals surface area contributed by atoms with E-state index >= 15 is 0 Å². The number of carbonyl (C=O) groups excluding carboxylic acids is 1. The molecule has 2 aromatic carbocycles. The normalized spacial score (nSPS) is 11.0. The van der Waals surface area contributed by atoms with Gasteiger partial charge in [-0.3, -0.25) is 9.69 Å². The number of para-hydroxylation sites is 1. The molecule has 0 aliphatic heterocycles. The molecule has 0 aliphatic carbocycles. The highest BCUT2D eigenvalue weighted by Crippen LogP contribution is 2.15. The van der Waals surface area contributed by atoms with E-state index < -0.39 is 11.7 Å². The first-order valence-corrected chi connectivity index (χ1v) is 8.30. The summed E-state index contributed by atoms with van der Waals surface area (Å²) in [6.45, 7) is 1.85. The van der Waals surface area contributed by atoms with Gasteiger partial charge < -0.3 is 9.73 Å². The summed E-state index contributed by atoms with van der Waals surface area (Å²) in [4.78, 5) is 14.0. The van der Waals surface area contributed by atoms with E-state index in [1.165, 1.54) is 24.3 Å². The van der Waals surface area contributed by atoms with E-state index in [-0.39, 0.29) is 31.1 Å². The molecule has 1 aromatic heterocycles. The maximum atomic E-state index is 14.0. The van der Waals surface area contributed by atoms with Crippen molar-refractivity contribution in [3.8, 4) is 0 Å². The molecule has 0 aliphatic rings. The fourth-order valence-electron chi connectivity index (χ4n) is 2.58. The molecule has 0 atom stereocenters. The highest BCUT2D eigenvalue weighted by atomic mass is 19.1. The minimum Gasteiger partial charge on any atom is -0.424 e. The molecule has 140 valence electrons. The molecule has 0 radical (unpaired) electrons. The van der Waals surface area contributed by atoms with Crippen LogP contribution < -0.4 is 5.32 Å². The van der Waals surface area contributed by atoms with Crippen molar-refractivity contribution in [3.05, 3.63) is 77.5 Å². The number of carbonyl (C=O) groups is 1. The summed E-state index contributed by atoms with van der Waals surface area (Å²) < 4.78 is 33.1. The molecule has 0 spiro atoms. The molecular formula is C19H18F2N4O2. The summed E-state index contributed by atoms with van der Waals surface area (Å²) >= 11 is 0. The molecule has 0 saturated heterocycles. The van der Waals surface area contributed by atoms with Crippen molar-refractivity contribution in [2.75, 3.05) is 11.9 Å². The molecule has 3 rings (SSSR count). The van der Waals surface area contributed by atoms with Crippen LogP contribution in [0.3, 0.4) is 0 Å². The van der Waals surface area contributed by atoms with Crippen molar-refractivity contribution in [3.63, 3.8) is 0 Å². The third kappa shape index (κ3) is 5.18. The maximum absolute atomic E-state index is 14.0. The van der Waals surface area contributed by atoms with Crippen molar-refractivity contribution >= 4 is 11.6 Å². The standard InChI is InChI=1S/C19H18F2N4O2/c1-13-23-24-19(27-13)12-25(10-14-6-2-3-7-15(14)20)11-18(26)22-17-9-5-4-8-16(17)21/h2-9H,10-12H2,1H3,(H,22,26). The second kappa shape index (κ2) is 8.50. The second-order valence-electron chi connectivity index (χ2n) is 5.98. The van der Waals surface area contributed by atoms with Crippen LogP contribution in [-0.2, 0) is 17.9 Å². The highest BCUT2D eigenvalue weighted by Gasteiger charge is 2.17. The Labute approximate surface area is 154 Å². The molecule has 0 saturated carbocycles. The largest absolute Gasteiger partial charge is 0.424 e. The first-order chi connectivity index (χ1) is 13.0. The van der Waals surface area contributed by atoms with Gasteiger partial charge in [0.2, 0.25) is 17.7 Å². The summed E-state index contributed by atoms with van der Waals surface area (Å²) in [5, 5.41) is 10.2. The van der Waals surface area contributed by atoms with Gasteiger partial charge in [0.15, 0.2) is 0 Å². The first kappa shape index (κ1) is 18.7. The van der Waals surface area contributed by atoms with E-state index in [9.17, 15) is 13.6 Å². The quantitative estimate of drug-likeness (QED) is 0.689. The smallest absolute Gasteiger partial charge is 0.238 e. The van der Waals surface area contributed by atoms with Crippen molar-refractivity contribution in [1.82, 2.24) is 15.1 Å². The van der Waals surface area contributed by atoms with Gasteiger partial charge >= 0.3 is 0 Å². The van der Waals surface area contributed by atoms with Crippen molar-refractivity contribution in [2.24, 2.45) is 0 Å². The Hall–Kier alpha value is -3.13. The number of nitrogens with one attached hydrogen (secondary N) is 1. The van der Waals surface area contributed by atoms with E-state index in [0.717, 1.165) is 0 Å². The van der Waals surface area contributed by atoms with Gasteiger partial charge in [-0.15, -0.1) is 10.2 Å². The molecule has 0 fully saturated rings. The van der Waals surface area contributed by atoms with Gasteiger partial charge in [0.1, 0.15) is 11.6 Å². The van der Waals surface area contributed by atoms with Crippen molar-refractivity contribution in [1.29, 1.82) is 0 Å². The van der Waals surface area contributed by atoms with Crippen LogP contribution in [0.4, 0.5) is 14.5 Å². The van der Waals surface area contributed by atoms with Crippen LogP contribution in [-0.4, -0.2) is 27.5 Å². The molecule has 3 aromatic rings. The number of hydrogen-bond donors (Lipinski definition) is 1. The number of nitrogens with zero attached hydrogens (tertiary/aromatic N) is 3. The molecule has 27 heavy (non-hydrogen) atoms. The number of aromatic nitrogens is 2. The van der Waals surface area contributed by atoms with Gasteiger partial charge in [-0.2, -0.15) is 0 Å². The molecule has 1 N–H and O–H groups in total. The Bertz CT molecular complexity index is 929. The highest BCUT2D eigenvalue weighted by molar-refractivity contribution is 5.92. The van der Waals surface area contributed by atoms with Gasteiger partial charge in [0, 0.05) is 19.0 Å². The Morgan fingerprint density at radius 2 is 1.74 bits per heavy atom. The zero-order valence-corrected chi connectivity index (χ0v) is 14.7. The number of aryl methyl sites for hydroxylation is 1. The third-order valence-corrected chi connectivity index (χ3v) is 3.79. The fraction of sp³-hybridized carbons (Fsp3) is 0.211. The Morgan fingerprint density at radius 3 is 2.41 bits per heavy atom. The molecule has 8 heteroatoms. The van der Waals surface area contributed by atoms with Gasteiger partial charge in [-0.25, -0.2) is 8.78 Å². The number of hydrogen-bond acceptors (Lipinski definition) is 5. The topological polar surface area (TPSA) is 71.3 Å². The predicted molar refractivity (Wildman–Crippen MR) is 94.6 cm³/mol. The van der Waals surface area contributed by atoms with Crippen molar-refractivity contribution < 1.29 is 18.0 Å². The van der Waals surface area contributed by atoms with Crippen molar-refractivity contribution in [2.45, 2.75) is 20.0 Å². The van der Waals surface area contributed by atoms with Gasteiger partial charge in [0.25, 0.3) is 0 Å². The lowest BCUT2D eigenvalue weighted by Gasteiger charge is -2.20. The maximum Gasteiger partial charge on any atom is 0.238 e. The number of anilines is 1. The second-order valence-corrected chi connectivity index (χ2v) is 5.98. The third-order valence-electron chi connectivity index (χ3n) is 3.79. The van der Waals surface area contributed by atoms with Gasteiger partial charge in [0.05, 0.1) is 18.8 Å². The lowest BCUT2D eigenvalue weighted by Crippen LogP contribution is -2.33. The number of rotatable bonds is 7. The van der Waals surface area contributed by atoms with Crippen LogP contribution in [0.25, 0.3) is 0 Å². The van der Waals surface area contributed by atoms with Crippen LogP contribution in [0.1, 0.15) is 17.3 Å². The zero-order chi connectivity index (χ0) is 19.2. The number of benzene rings is 2. The minimum atomic E-state index is -0.529. The van der Waals surface area contributed by atoms with Crippen LogP contribution in [0.2, 0.25) is 0 Å². The van der Waals surface area contributed by atoms with Crippen LogP contribution in [0, 0.1) is 18.6 Å². The van der Waals surface area contributed by atoms with E-state index in [0.29, 0.717) is 17.3 Å². The van der Waals surface area contributed by atoms with Gasteiger partial charge in [-0.05, 0) is 18.2 Å². The SMILES string of the molecule is Cc1nnc(CN(CC(=O)Nc2ccccc2F)Cc2ccccc2F)o1. The lowest BCUT2D eigenvalue weighted by molar-refractivity contribution is -0.117. The lowest BCUT2D eigenvalue weighted by atomic mass is 10.2. The molecule has 1 amide bonds. The Balaban J connectivity index is 1.73. The molecular weight excluding hydrogens is 354 g/mol. The van der Waals surface area contributed by atoms with Gasteiger partial charge in [-0.1, -0.05) is 30.3 Å². The average molecular weight is 372 g/mol. The van der Waals surface area contributed by atoms with Crippen LogP contribution in [0.15, 0.2) is 52.9 Å². The van der Waals surface area contributed by atoms with E-state index in [1.54, 1.807) is 36.1 Å². The van der Waals surface area contributed by atoms with Crippen LogP contribution in [0.5, 0.6) is 0 Å². The Kier molecular flexibility index (Phi) is 5.87. The van der Waals surface area contributed by atoms with E-state index in [2.05, 4.69) is 15.5 Å². The Morgan fingerprint density at radius 1 is 1.04 bits per heavy atom. The minimum absolute atomic E-state index is 0.0852. The fourth-order valence-corrected chi connectivity index (χ4v) is 2.58. The monoisotopic (exact) mass is 372 g/mol. The van der Waals surface area contributed by atoms with E-state index in [1.807, 2.05) is 0 Å². The first-order valence-electron chi connectivity index (χ1n) is 8.30. The summed E-state index contributed by atoms with van der Waals surface area (Å²) in [6.07, 6.45) is 0. The molecule has 6 nitrogen and oxygen atoms in total. The van der Waals surface area contributed by atoms with Crippen LogP contribution >= 0.6 is 0 Å². The number of halogens is 2. The summed E-state index contributed by atoms with van der Waals surface area (Å²) in [5.41, 5.74) is 0.509. The summed E-state index contributed by atoms with van der Waals surface area (Å²) in [5.74, 6) is -0.639. The average Bonchev–Trinajstić information content (AvgIpc) is 3.03. The summed E-state index contributed by atoms with van der Waals surface area (Å²) in [7, 11) is 0. The zero-order valence-electron chi connectivity index (χ0n) is 14.7. The summed E-state index contributed by atoms with van der Waals surface area (Å²) in [6, 6.07) is 12.2. The molecule has 0 unspecified atom stereocenters. The molecule has 1 heterocycles. The predicted octanol–water partition coefficient (Wildman–Crippen LogP) is 3.30. The molecule has 0 bridgehead atoms. The number of amides is 1.